The molecule has 0 saturated carbocycles. The van der Waals surface area contributed by atoms with Crippen LogP contribution in [-0.2, 0) is 9.59 Å². The Bertz CT molecular complexity index is 1310. The van der Waals surface area contributed by atoms with Gasteiger partial charge in [0.2, 0.25) is 0 Å². The summed E-state index contributed by atoms with van der Waals surface area (Å²) in [6, 6.07) is 12.3. The van der Waals surface area contributed by atoms with Gasteiger partial charge in [0, 0.05) is 19.3 Å². The van der Waals surface area contributed by atoms with Gasteiger partial charge in [-0.2, -0.15) is 0 Å². The van der Waals surface area contributed by atoms with Gasteiger partial charge in [0.25, 0.3) is 11.7 Å². The Hall–Kier alpha value is -3.65. The van der Waals surface area contributed by atoms with Crippen molar-refractivity contribution in [1.29, 1.82) is 0 Å². The summed E-state index contributed by atoms with van der Waals surface area (Å²) in [5.41, 5.74) is 2.49. The molecule has 1 saturated heterocycles. The first-order chi connectivity index (χ1) is 18.4. The number of fused-ring (bicyclic) bond motifs is 1. The highest BCUT2D eigenvalue weighted by Crippen LogP contribution is 2.40. The fourth-order valence-corrected chi connectivity index (χ4v) is 5.06. The van der Waals surface area contributed by atoms with Gasteiger partial charge in [-0.15, -0.1) is 0 Å². The molecule has 1 N–H and O–H groups in total. The number of aryl methyl sites for hydroxylation is 1. The number of carbonyl (C=O) groups excluding carboxylic acids is 2. The maximum atomic E-state index is 13.5. The van der Waals surface area contributed by atoms with Gasteiger partial charge < -0.3 is 19.6 Å². The summed E-state index contributed by atoms with van der Waals surface area (Å²) in [5.74, 6) is -0.760. The molecule has 38 heavy (non-hydrogen) atoms. The highest BCUT2D eigenvalue weighted by Gasteiger charge is 2.46. The highest BCUT2D eigenvalue weighted by molar-refractivity contribution is 6.46. The molecule has 3 heterocycles. The lowest BCUT2D eigenvalue weighted by Crippen LogP contribution is -2.38. The van der Waals surface area contributed by atoms with Crippen molar-refractivity contribution in [1.82, 2.24) is 19.2 Å². The number of likely N-dealkylation sites (N-methyl/N-ethyl adjacent to an activating group) is 1. The predicted octanol–water partition coefficient (Wildman–Crippen LogP) is 4.98. The molecule has 4 rings (SSSR count). The van der Waals surface area contributed by atoms with Gasteiger partial charge in [-0.05, 0) is 56.3 Å². The standard InChI is InChI=1S/C30H38N4O4/c1-5-8-11-20-38-23-15-13-22(14-16-23)27-25(29(36)30(37)34(27)19-18-32(6-2)7-3)28(35)26-21(4)31-24-12-9-10-17-33(24)26/h9-10,12-17,27,35H,5-8,11,18-20H2,1-4H3. The number of aliphatic hydroxyl groups is 1. The predicted molar refractivity (Wildman–Crippen MR) is 148 cm³/mol. The summed E-state index contributed by atoms with van der Waals surface area (Å²) in [6.07, 6.45) is 5.02. The van der Waals surface area contributed by atoms with Gasteiger partial charge in [-0.1, -0.05) is 51.8 Å². The van der Waals surface area contributed by atoms with Crippen LogP contribution < -0.4 is 4.74 Å². The van der Waals surface area contributed by atoms with Gasteiger partial charge in [0.05, 0.1) is 23.9 Å². The summed E-state index contributed by atoms with van der Waals surface area (Å²) >= 11 is 0. The number of hydrogen-bond acceptors (Lipinski definition) is 6. The Morgan fingerprint density at radius 3 is 2.47 bits per heavy atom. The highest BCUT2D eigenvalue weighted by atomic mass is 16.5. The number of hydrogen-bond donors (Lipinski definition) is 1. The molecule has 0 aliphatic carbocycles. The molecule has 8 heteroatoms. The second kappa shape index (κ2) is 12.3. The van der Waals surface area contributed by atoms with E-state index in [1.54, 1.807) is 22.4 Å². The summed E-state index contributed by atoms with van der Waals surface area (Å²) in [6.45, 7) is 11.4. The topological polar surface area (TPSA) is 87.4 Å². The van der Waals surface area contributed by atoms with E-state index in [1.165, 1.54) is 0 Å². The first-order valence-electron chi connectivity index (χ1n) is 13.6. The number of likely N-dealkylation sites (tertiary alicyclic amines) is 1. The van der Waals surface area contributed by atoms with Crippen LogP contribution in [0, 0.1) is 6.92 Å². The van der Waals surface area contributed by atoms with Crippen LogP contribution in [0.5, 0.6) is 5.75 Å². The molecule has 1 atom stereocenters. The number of aliphatic hydroxyl groups excluding tert-OH is 1. The maximum Gasteiger partial charge on any atom is 0.295 e. The number of carbonyl (C=O) groups is 2. The van der Waals surface area contributed by atoms with Gasteiger partial charge in [0.1, 0.15) is 17.1 Å². The minimum absolute atomic E-state index is 0.0833. The molecule has 1 aliphatic heterocycles. The average molecular weight is 519 g/mol. The Kier molecular flexibility index (Phi) is 8.84. The number of ether oxygens (including phenoxy) is 1. The second-order valence-corrected chi connectivity index (χ2v) is 9.62. The molecule has 1 aliphatic rings. The molecule has 2 aromatic heterocycles. The lowest BCUT2D eigenvalue weighted by atomic mass is 9.96. The molecule has 1 fully saturated rings. The Morgan fingerprint density at radius 2 is 1.79 bits per heavy atom. The normalized spacial score (nSPS) is 17.2. The first kappa shape index (κ1) is 27.4. The van der Waals surface area contributed by atoms with E-state index in [0.717, 1.165) is 43.7 Å². The Morgan fingerprint density at radius 1 is 1.05 bits per heavy atom. The van der Waals surface area contributed by atoms with E-state index in [-0.39, 0.29) is 11.3 Å². The lowest BCUT2D eigenvalue weighted by Gasteiger charge is -2.28. The molecule has 0 spiro atoms. The zero-order chi connectivity index (χ0) is 27.2. The van der Waals surface area contributed by atoms with Crippen LogP contribution in [0.25, 0.3) is 11.4 Å². The van der Waals surface area contributed by atoms with Gasteiger partial charge in [0.15, 0.2) is 5.76 Å². The number of aromatic nitrogens is 2. The Balaban J connectivity index is 1.76. The van der Waals surface area contributed by atoms with Crippen LogP contribution in [0.1, 0.15) is 63.0 Å². The zero-order valence-electron chi connectivity index (χ0n) is 22.8. The van der Waals surface area contributed by atoms with Crippen molar-refractivity contribution < 1.29 is 19.4 Å². The molecule has 1 unspecified atom stereocenters. The lowest BCUT2D eigenvalue weighted by molar-refractivity contribution is -0.140. The molecule has 3 aromatic rings. The summed E-state index contributed by atoms with van der Waals surface area (Å²) < 4.78 is 7.62. The summed E-state index contributed by atoms with van der Waals surface area (Å²) in [4.78, 5) is 35.1. The van der Waals surface area contributed by atoms with Crippen LogP contribution in [0.3, 0.4) is 0 Å². The largest absolute Gasteiger partial charge is 0.505 e. The van der Waals surface area contributed by atoms with Gasteiger partial charge in [-0.25, -0.2) is 4.98 Å². The average Bonchev–Trinajstić information content (AvgIpc) is 3.40. The first-order valence-corrected chi connectivity index (χ1v) is 13.6. The van der Waals surface area contributed by atoms with Crippen LogP contribution in [0.2, 0.25) is 0 Å². The van der Waals surface area contributed by atoms with E-state index in [2.05, 4.69) is 30.7 Å². The fraction of sp³-hybridized carbons (Fsp3) is 0.433. The van der Waals surface area contributed by atoms with Crippen molar-refractivity contribution in [3.63, 3.8) is 0 Å². The molecular weight excluding hydrogens is 480 g/mol. The van der Waals surface area contributed by atoms with Crippen molar-refractivity contribution in [3.05, 3.63) is 71.2 Å². The van der Waals surface area contributed by atoms with Gasteiger partial charge >= 0.3 is 0 Å². The zero-order valence-corrected chi connectivity index (χ0v) is 22.8. The SMILES string of the molecule is CCCCCOc1ccc(C2C(=C(O)c3c(C)nc4ccccn34)C(=O)C(=O)N2CCN(CC)CC)cc1. The molecular formula is C30H38N4O4. The van der Waals surface area contributed by atoms with Crippen molar-refractivity contribution in [2.45, 2.75) is 53.0 Å². The number of unbranched alkanes of at least 4 members (excludes halogenated alkanes) is 2. The molecule has 202 valence electrons. The quantitative estimate of drug-likeness (QED) is 0.158. The number of imidazole rings is 1. The van der Waals surface area contributed by atoms with E-state index < -0.39 is 17.7 Å². The molecule has 1 aromatic carbocycles. The monoisotopic (exact) mass is 518 g/mol. The number of benzene rings is 1. The number of pyridine rings is 1. The molecule has 0 bridgehead atoms. The van der Waals surface area contributed by atoms with Crippen molar-refractivity contribution >= 4 is 23.1 Å². The Labute approximate surface area is 224 Å². The number of nitrogens with zero attached hydrogens (tertiary/aromatic N) is 4. The van der Waals surface area contributed by atoms with E-state index in [1.807, 2.05) is 42.5 Å². The number of Topliss-reactive ketones (excluding diaryl/α,β-unsaturated/α-hetero) is 1. The van der Waals surface area contributed by atoms with Crippen LogP contribution in [0.4, 0.5) is 0 Å². The van der Waals surface area contributed by atoms with E-state index in [4.69, 9.17) is 4.74 Å². The van der Waals surface area contributed by atoms with Crippen molar-refractivity contribution in [2.24, 2.45) is 0 Å². The fourth-order valence-electron chi connectivity index (χ4n) is 5.06. The van der Waals surface area contributed by atoms with Gasteiger partial charge in [-0.3, -0.25) is 14.0 Å². The molecule has 8 nitrogen and oxygen atoms in total. The number of amides is 1. The van der Waals surface area contributed by atoms with Crippen molar-refractivity contribution in [3.8, 4) is 5.75 Å². The minimum Gasteiger partial charge on any atom is -0.505 e. The maximum absolute atomic E-state index is 13.5. The number of rotatable bonds is 12. The van der Waals surface area contributed by atoms with E-state index >= 15 is 0 Å². The minimum atomic E-state index is -0.714. The van der Waals surface area contributed by atoms with Crippen LogP contribution in [-0.4, -0.2) is 68.8 Å². The molecule has 0 radical (unpaired) electrons. The smallest absolute Gasteiger partial charge is 0.295 e. The molecule has 1 amide bonds. The van der Waals surface area contributed by atoms with Crippen molar-refractivity contribution in [2.75, 3.05) is 32.8 Å². The summed E-state index contributed by atoms with van der Waals surface area (Å²) in [5, 5.41) is 11.6. The van der Waals surface area contributed by atoms with E-state index in [0.29, 0.717) is 36.7 Å². The number of ketones is 1. The third-order valence-corrected chi connectivity index (χ3v) is 7.23. The van der Waals surface area contributed by atoms with Crippen LogP contribution >= 0.6 is 0 Å². The third kappa shape index (κ3) is 5.45. The van der Waals surface area contributed by atoms with Crippen LogP contribution in [0.15, 0.2) is 54.2 Å². The second-order valence-electron chi connectivity index (χ2n) is 9.62. The summed E-state index contributed by atoms with van der Waals surface area (Å²) in [7, 11) is 0. The van der Waals surface area contributed by atoms with E-state index in [9.17, 15) is 14.7 Å². The third-order valence-electron chi connectivity index (χ3n) is 7.23.